The average molecular weight is 246 g/mol. The van der Waals surface area contributed by atoms with E-state index in [1.807, 2.05) is 37.4 Å². The molecular weight excluding hydrogens is 228 g/mol. The van der Waals surface area contributed by atoms with Crippen molar-refractivity contribution in [1.82, 2.24) is 20.3 Å². The summed E-state index contributed by atoms with van der Waals surface area (Å²) in [4.78, 5) is 0. The van der Waals surface area contributed by atoms with Gasteiger partial charge in [-0.1, -0.05) is 23.4 Å². The molecule has 0 aliphatic carbocycles. The number of nitrogens with zero attached hydrogens (tertiary/aromatic N) is 3. The van der Waals surface area contributed by atoms with Crippen molar-refractivity contribution in [1.29, 1.82) is 0 Å². The Kier molecular flexibility index (Phi) is 4.72. The molecule has 2 aromatic rings. The Hall–Kier alpha value is -1.88. The van der Waals surface area contributed by atoms with Gasteiger partial charge in [0.1, 0.15) is 5.75 Å². The van der Waals surface area contributed by atoms with Gasteiger partial charge in [-0.25, -0.2) is 0 Å². The zero-order valence-corrected chi connectivity index (χ0v) is 10.5. The fourth-order valence-electron chi connectivity index (χ4n) is 1.59. The minimum absolute atomic E-state index is 0.723. The highest BCUT2D eigenvalue weighted by Gasteiger charge is 1.98. The lowest BCUT2D eigenvalue weighted by atomic mass is 10.3. The van der Waals surface area contributed by atoms with Gasteiger partial charge >= 0.3 is 0 Å². The Balaban J connectivity index is 1.56. The smallest absolute Gasteiger partial charge is 0.119 e. The van der Waals surface area contributed by atoms with E-state index >= 15 is 0 Å². The van der Waals surface area contributed by atoms with Gasteiger partial charge in [0.15, 0.2) is 0 Å². The van der Waals surface area contributed by atoms with Crippen LogP contribution >= 0.6 is 0 Å². The number of rotatable bonds is 7. The molecule has 0 radical (unpaired) electrons. The fourth-order valence-corrected chi connectivity index (χ4v) is 1.59. The second kappa shape index (κ2) is 6.76. The molecule has 0 spiro atoms. The lowest BCUT2D eigenvalue weighted by molar-refractivity contribution is 0.308. The summed E-state index contributed by atoms with van der Waals surface area (Å²) < 4.78 is 7.37. The summed E-state index contributed by atoms with van der Waals surface area (Å²) in [6, 6.07) is 9.87. The van der Waals surface area contributed by atoms with E-state index in [-0.39, 0.29) is 0 Å². The van der Waals surface area contributed by atoms with Gasteiger partial charge < -0.3 is 10.1 Å². The SMILES string of the molecule is Cn1nncc1CNCCCOc1ccccc1. The van der Waals surface area contributed by atoms with Gasteiger partial charge in [-0.3, -0.25) is 4.68 Å². The second-order valence-electron chi connectivity index (χ2n) is 4.04. The van der Waals surface area contributed by atoms with E-state index in [1.165, 1.54) is 0 Å². The van der Waals surface area contributed by atoms with Crippen LogP contribution in [0.15, 0.2) is 36.5 Å². The molecule has 0 saturated heterocycles. The van der Waals surface area contributed by atoms with Gasteiger partial charge in [0.25, 0.3) is 0 Å². The molecule has 1 N–H and O–H groups in total. The summed E-state index contributed by atoms with van der Waals surface area (Å²) in [6.45, 7) is 2.42. The Morgan fingerprint density at radius 1 is 1.28 bits per heavy atom. The molecule has 2 rings (SSSR count). The van der Waals surface area contributed by atoms with Crippen LogP contribution in [0.1, 0.15) is 12.1 Å². The molecule has 18 heavy (non-hydrogen) atoms. The highest BCUT2D eigenvalue weighted by molar-refractivity contribution is 5.20. The molecule has 0 aliphatic heterocycles. The van der Waals surface area contributed by atoms with Crippen molar-refractivity contribution in [2.75, 3.05) is 13.2 Å². The maximum atomic E-state index is 5.60. The van der Waals surface area contributed by atoms with E-state index in [4.69, 9.17) is 4.74 Å². The standard InChI is InChI=1S/C13H18N4O/c1-17-12(11-15-16-17)10-14-8-5-9-18-13-6-3-2-4-7-13/h2-4,6-7,11,14H,5,8-10H2,1H3. The van der Waals surface area contributed by atoms with Crippen LogP contribution in [0.4, 0.5) is 0 Å². The van der Waals surface area contributed by atoms with Crippen LogP contribution in [0.25, 0.3) is 0 Å². The third kappa shape index (κ3) is 3.85. The number of para-hydroxylation sites is 1. The summed E-state index contributed by atoms with van der Waals surface area (Å²) in [5.74, 6) is 0.924. The van der Waals surface area contributed by atoms with Crippen molar-refractivity contribution < 1.29 is 4.74 Å². The molecule has 5 heteroatoms. The predicted molar refractivity (Wildman–Crippen MR) is 69.3 cm³/mol. The molecule has 0 fully saturated rings. The van der Waals surface area contributed by atoms with Crippen LogP contribution in [0.2, 0.25) is 0 Å². The number of hydrogen-bond acceptors (Lipinski definition) is 4. The first kappa shape index (κ1) is 12.6. The molecule has 1 aromatic carbocycles. The van der Waals surface area contributed by atoms with E-state index < -0.39 is 0 Å². The Bertz CT molecular complexity index is 455. The zero-order chi connectivity index (χ0) is 12.6. The van der Waals surface area contributed by atoms with E-state index in [2.05, 4.69) is 15.6 Å². The summed E-state index contributed by atoms with van der Waals surface area (Å²) in [6.07, 6.45) is 2.74. The van der Waals surface area contributed by atoms with Crippen molar-refractivity contribution >= 4 is 0 Å². The van der Waals surface area contributed by atoms with Crippen LogP contribution in [0.5, 0.6) is 5.75 Å². The molecule has 1 heterocycles. The number of aryl methyl sites for hydroxylation is 1. The lowest BCUT2D eigenvalue weighted by Gasteiger charge is -2.06. The monoisotopic (exact) mass is 246 g/mol. The van der Waals surface area contributed by atoms with E-state index in [0.29, 0.717) is 0 Å². The molecule has 5 nitrogen and oxygen atoms in total. The van der Waals surface area contributed by atoms with Crippen molar-refractivity contribution in [2.24, 2.45) is 7.05 Å². The van der Waals surface area contributed by atoms with Gasteiger partial charge in [0, 0.05) is 13.6 Å². The van der Waals surface area contributed by atoms with Gasteiger partial charge in [-0.15, -0.1) is 5.10 Å². The van der Waals surface area contributed by atoms with E-state index in [1.54, 1.807) is 10.9 Å². The molecular formula is C13H18N4O. The number of benzene rings is 1. The van der Waals surface area contributed by atoms with Crippen LogP contribution in [0, 0.1) is 0 Å². The fraction of sp³-hybridized carbons (Fsp3) is 0.385. The van der Waals surface area contributed by atoms with Crippen molar-refractivity contribution in [3.63, 3.8) is 0 Å². The normalized spacial score (nSPS) is 10.5. The first-order valence-corrected chi connectivity index (χ1v) is 6.08. The average Bonchev–Trinajstić information content (AvgIpc) is 2.81. The van der Waals surface area contributed by atoms with Gasteiger partial charge in [-0.2, -0.15) is 0 Å². The van der Waals surface area contributed by atoms with Crippen LogP contribution < -0.4 is 10.1 Å². The molecule has 96 valence electrons. The Morgan fingerprint density at radius 3 is 2.83 bits per heavy atom. The second-order valence-corrected chi connectivity index (χ2v) is 4.04. The molecule has 0 atom stereocenters. The molecule has 0 bridgehead atoms. The number of hydrogen-bond donors (Lipinski definition) is 1. The number of aromatic nitrogens is 3. The first-order chi connectivity index (χ1) is 8.86. The maximum absolute atomic E-state index is 5.60. The number of ether oxygens (including phenoxy) is 1. The molecule has 1 aromatic heterocycles. The third-order valence-corrected chi connectivity index (χ3v) is 2.62. The quantitative estimate of drug-likeness (QED) is 0.750. The van der Waals surface area contributed by atoms with Crippen molar-refractivity contribution in [2.45, 2.75) is 13.0 Å². The molecule has 0 unspecified atom stereocenters. The van der Waals surface area contributed by atoms with E-state index in [0.717, 1.165) is 37.6 Å². The lowest BCUT2D eigenvalue weighted by Crippen LogP contribution is -2.18. The zero-order valence-electron chi connectivity index (χ0n) is 10.5. The van der Waals surface area contributed by atoms with Crippen LogP contribution in [-0.2, 0) is 13.6 Å². The number of nitrogens with one attached hydrogen (secondary N) is 1. The Labute approximate surface area is 107 Å². The Morgan fingerprint density at radius 2 is 2.11 bits per heavy atom. The third-order valence-electron chi connectivity index (χ3n) is 2.62. The minimum Gasteiger partial charge on any atom is -0.494 e. The van der Waals surface area contributed by atoms with Crippen molar-refractivity contribution in [3.8, 4) is 5.75 Å². The molecule has 0 saturated carbocycles. The summed E-state index contributed by atoms with van der Waals surface area (Å²) >= 11 is 0. The minimum atomic E-state index is 0.723. The largest absolute Gasteiger partial charge is 0.494 e. The highest BCUT2D eigenvalue weighted by Crippen LogP contribution is 2.07. The predicted octanol–water partition coefficient (Wildman–Crippen LogP) is 1.37. The molecule has 0 aliphatic rings. The van der Waals surface area contributed by atoms with Gasteiger partial charge in [-0.05, 0) is 25.1 Å². The topological polar surface area (TPSA) is 52.0 Å². The maximum Gasteiger partial charge on any atom is 0.119 e. The van der Waals surface area contributed by atoms with Gasteiger partial charge in [0.05, 0.1) is 18.5 Å². The summed E-state index contributed by atoms with van der Waals surface area (Å²) in [5.41, 5.74) is 1.08. The van der Waals surface area contributed by atoms with Crippen LogP contribution in [-0.4, -0.2) is 28.1 Å². The van der Waals surface area contributed by atoms with Crippen LogP contribution in [0.3, 0.4) is 0 Å². The highest BCUT2D eigenvalue weighted by atomic mass is 16.5. The summed E-state index contributed by atoms with van der Waals surface area (Å²) in [7, 11) is 1.89. The van der Waals surface area contributed by atoms with Gasteiger partial charge in [0.2, 0.25) is 0 Å². The van der Waals surface area contributed by atoms with E-state index in [9.17, 15) is 0 Å². The first-order valence-electron chi connectivity index (χ1n) is 6.08. The molecule has 0 amide bonds. The van der Waals surface area contributed by atoms with Crippen molar-refractivity contribution in [3.05, 3.63) is 42.2 Å². The summed E-state index contributed by atoms with van der Waals surface area (Å²) in [5, 5.41) is 11.0.